The number of halogens is 3. The zero-order valence-electron chi connectivity index (χ0n) is 18.7. The summed E-state index contributed by atoms with van der Waals surface area (Å²) in [5.74, 6) is -2.27. The Morgan fingerprint density at radius 2 is 1.65 bits per heavy atom. The molecular weight excluding hydrogens is 484 g/mol. The molecule has 1 heterocycles. The molecule has 9 heteroatoms. The molecule has 1 saturated heterocycles. The molecule has 34 heavy (non-hydrogen) atoms. The van der Waals surface area contributed by atoms with Crippen LogP contribution in [0.3, 0.4) is 0 Å². The van der Waals surface area contributed by atoms with E-state index in [4.69, 9.17) is 32.7 Å². The van der Waals surface area contributed by atoms with Crippen LogP contribution in [0.25, 0.3) is 5.76 Å². The molecule has 1 amide bonds. The number of amides is 1. The van der Waals surface area contributed by atoms with Gasteiger partial charge in [-0.15, -0.1) is 0 Å². The van der Waals surface area contributed by atoms with E-state index in [9.17, 15) is 19.1 Å². The number of likely N-dealkylation sites (tertiary alicyclic amines) is 1. The van der Waals surface area contributed by atoms with E-state index in [0.717, 1.165) is 32.1 Å². The number of rotatable bonds is 5. The van der Waals surface area contributed by atoms with Gasteiger partial charge in [0.25, 0.3) is 11.7 Å². The Labute approximate surface area is 206 Å². The molecule has 6 nitrogen and oxygen atoms in total. The molecule has 2 fully saturated rings. The van der Waals surface area contributed by atoms with Crippen LogP contribution >= 0.6 is 23.2 Å². The minimum atomic E-state index is -0.895. The Morgan fingerprint density at radius 3 is 2.24 bits per heavy atom. The number of ether oxygens (including phenoxy) is 2. The predicted molar refractivity (Wildman–Crippen MR) is 127 cm³/mol. The van der Waals surface area contributed by atoms with Gasteiger partial charge in [0.1, 0.15) is 16.6 Å². The molecule has 0 aromatic heterocycles. The second kappa shape index (κ2) is 9.84. The maximum atomic E-state index is 13.7. The molecule has 2 aromatic carbocycles. The average molecular weight is 508 g/mol. The van der Waals surface area contributed by atoms with E-state index in [-0.39, 0.29) is 38.7 Å². The number of ketones is 1. The van der Waals surface area contributed by atoms with E-state index in [1.54, 1.807) is 0 Å². The van der Waals surface area contributed by atoms with Gasteiger partial charge in [-0.25, -0.2) is 4.39 Å². The fourth-order valence-corrected chi connectivity index (χ4v) is 5.54. The maximum Gasteiger partial charge on any atom is 0.295 e. The van der Waals surface area contributed by atoms with Gasteiger partial charge in [-0.1, -0.05) is 54.6 Å². The number of Topliss-reactive ketones (excluding diaryl/α,β-unsaturated/α-hetero) is 1. The van der Waals surface area contributed by atoms with Crippen LogP contribution in [0.5, 0.6) is 11.5 Å². The Balaban J connectivity index is 1.95. The highest BCUT2D eigenvalue weighted by molar-refractivity contribution is 6.47. The Morgan fingerprint density at radius 1 is 1.03 bits per heavy atom. The molecular formula is C25H24Cl2FNO5. The van der Waals surface area contributed by atoms with Crippen molar-refractivity contribution >= 4 is 40.7 Å². The van der Waals surface area contributed by atoms with Crippen molar-refractivity contribution in [1.82, 2.24) is 4.90 Å². The summed E-state index contributed by atoms with van der Waals surface area (Å²) >= 11 is 12.7. The summed E-state index contributed by atoms with van der Waals surface area (Å²) in [7, 11) is 2.74. The van der Waals surface area contributed by atoms with E-state index in [1.165, 1.54) is 49.5 Å². The second-order valence-electron chi connectivity index (χ2n) is 8.34. The third kappa shape index (κ3) is 4.12. The lowest BCUT2D eigenvalue weighted by Gasteiger charge is -2.35. The molecule has 1 aliphatic heterocycles. The smallest absolute Gasteiger partial charge is 0.295 e. The normalized spacial score (nSPS) is 20.6. The van der Waals surface area contributed by atoms with Gasteiger partial charge in [-0.2, -0.15) is 0 Å². The highest BCUT2D eigenvalue weighted by Gasteiger charge is 2.49. The first-order chi connectivity index (χ1) is 16.3. The van der Waals surface area contributed by atoms with Gasteiger partial charge in [-0.05, 0) is 36.6 Å². The predicted octanol–water partition coefficient (Wildman–Crippen LogP) is 5.90. The van der Waals surface area contributed by atoms with Crippen molar-refractivity contribution in [2.45, 2.75) is 44.2 Å². The summed E-state index contributed by atoms with van der Waals surface area (Å²) in [4.78, 5) is 28.1. The van der Waals surface area contributed by atoms with Gasteiger partial charge in [0, 0.05) is 6.04 Å². The van der Waals surface area contributed by atoms with E-state index >= 15 is 0 Å². The summed E-state index contributed by atoms with van der Waals surface area (Å²) in [5, 5.41) is 11.5. The van der Waals surface area contributed by atoms with Crippen molar-refractivity contribution in [3.63, 3.8) is 0 Å². The van der Waals surface area contributed by atoms with Crippen LogP contribution in [0.4, 0.5) is 4.39 Å². The number of carbonyl (C=O) groups is 2. The largest absolute Gasteiger partial charge is 0.507 e. The molecule has 1 atom stereocenters. The lowest BCUT2D eigenvalue weighted by molar-refractivity contribution is -0.141. The molecule has 2 aromatic rings. The number of hydrogen-bond acceptors (Lipinski definition) is 5. The summed E-state index contributed by atoms with van der Waals surface area (Å²) in [6.07, 6.45) is 4.41. The second-order valence-corrected chi connectivity index (χ2v) is 9.12. The Hall–Kier alpha value is -2.77. The van der Waals surface area contributed by atoms with Crippen LogP contribution in [0.15, 0.2) is 35.9 Å². The average Bonchev–Trinajstić information content (AvgIpc) is 3.10. The molecule has 1 unspecified atom stereocenters. The quantitative estimate of drug-likeness (QED) is 0.309. The molecule has 0 bridgehead atoms. The van der Waals surface area contributed by atoms with E-state index in [0.29, 0.717) is 5.56 Å². The first-order valence-electron chi connectivity index (χ1n) is 11.0. The van der Waals surface area contributed by atoms with E-state index in [2.05, 4.69) is 0 Å². The van der Waals surface area contributed by atoms with Crippen LogP contribution in [-0.4, -0.2) is 42.0 Å². The van der Waals surface area contributed by atoms with Crippen LogP contribution in [0, 0.1) is 5.82 Å². The fourth-order valence-electron chi connectivity index (χ4n) is 4.85. The van der Waals surface area contributed by atoms with Crippen LogP contribution in [-0.2, 0) is 9.59 Å². The van der Waals surface area contributed by atoms with Crippen molar-refractivity contribution in [2.75, 3.05) is 14.2 Å². The Kier molecular flexibility index (Phi) is 7.05. The number of hydrogen-bond donors (Lipinski definition) is 1. The maximum absolute atomic E-state index is 13.7. The third-order valence-corrected chi connectivity index (χ3v) is 7.05. The molecule has 1 N–H and O–H groups in total. The molecule has 4 rings (SSSR count). The van der Waals surface area contributed by atoms with Gasteiger partial charge in [0.2, 0.25) is 0 Å². The van der Waals surface area contributed by atoms with Gasteiger partial charge in [-0.3, -0.25) is 9.59 Å². The lowest BCUT2D eigenvalue weighted by Crippen LogP contribution is -2.40. The minimum Gasteiger partial charge on any atom is -0.507 e. The molecule has 2 aliphatic rings. The number of benzene rings is 2. The fraction of sp³-hybridized carbons (Fsp3) is 0.360. The highest BCUT2D eigenvalue weighted by Crippen LogP contribution is 2.48. The number of aliphatic hydroxyl groups excluding tert-OH is 1. The molecule has 0 radical (unpaired) electrons. The summed E-state index contributed by atoms with van der Waals surface area (Å²) in [6, 6.07) is 5.86. The first-order valence-corrected chi connectivity index (χ1v) is 11.7. The van der Waals surface area contributed by atoms with E-state index in [1.807, 2.05) is 0 Å². The molecule has 0 spiro atoms. The van der Waals surface area contributed by atoms with Crippen molar-refractivity contribution in [1.29, 1.82) is 0 Å². The zero-order valence-corrected chi connectivity index (χ0v) is 20.3. The Bertz CT molecular complexity index is 1160. The van der Waals surface area contributed by atoms with Crippen molar-refractivity contribution in [2.24, 2.45) is 0 Å². The van der Waals surface area contributed by atoms with Gasteiger partial charge < -0.3 is 19.5 Å². The van der Waals surface area contributed by atoms with E-state index < -0.39 is 29.3 Å². The minimum absolute atomic E-state index is 0.0129. The van der Waals surface area contributed by atoms with Crippen molar-refractivity contribution in [3.8, 4) is 11.5 Å². The van der Waals surface area contributed by atoms with Crippen LogP contribution in [0.2, 0.25) is 10.0 Å². The molecule has 180 valence electrons. The van der Waals surface area contributed by atoms with Gasteiger partial charge >= 0.3 is 0 Å². The SMILES string of the molecule is COc1c(Cl)cc(/C(O)=C2\C(=O)C(=O)N(C3CCCCC3)C2c2ccc(F)cc2)c(OC)c1Cl. The molecule has 1 aliphatic carbocycles. The first kappa shape index (κ1) is 24.4. The van der Waals surface area contributed by atoms with Crippen LogP contribution < -0.4 is 9.47 Å². The number of carbonyl (C=O) groups excluding carboxylic acids is 2. The van der Waals surface area contributed by atoms with Gasteiger partial charge in [0.15, 0.2) is 11.5 Å². The number of aliphatic hydroxyl groups is 1. The summed E-state index contributed by atoms with van der Waals surface area (Å²) in [6.45, 7) is 0. The number of nitrogens with zero attached hydrogens (tertiary/aromatic N) is 1. The lowest BCUT2D eigenvalue weighted by atomic mass is 9.91. The zero-order chi connectivity index (χ0) is 24.6. The monoisotopic (exact) mass is 507 g/mol. The number of methoxy groups -OCH3 is 2. The van der Waals surface area contributed by atoms with Gasteiger partial charge in [0.05, 0.1) is 36.4 Å². The topological polar surface area (TPSA) is 76.1 Å². The van der Waals surface area contributed by atoms with Crippen molar-refractivity contribution in [3.05, 3.63) is 62.9 Å². The molecule has 1 saturated carbocycles. The van der Waals surface area contributed by atoms with Crippen LogP contribution in [0.1, 0.15) is 49.3 Å². The third-order valence-electron chi connectivity index (χ3n) is 6.43. The highest BCUT2D eigenvalue weighted by atomic mass is 35.5. The summed E-state index contributed by atoms with van der Waals surface area (Å²) in [5.41, 5.74) is 0.433. The summed E-state index contributed by atoms with van der Waals surface area (Å²) < 4.78 is 24.3. The standard InChI is InChI=1S/C25H24Cl2FNO5/c1-33-23-16(12-17(26)24(34-2)19(23)27)21(30)18-20(13-8-10-14(28)11-9-13)29(25(32)22(18)31)15-6-4-3-5-7-15/h8-12,15,20,30H,3-7H2,1-2H3/b21-18+. The van der Waals surface area contributed by atoms with Crippen molar-refractivity contribution < 1.29 is 28.6 Å².